The molecule has 7 rings (SSSR count). The lowest BCUT2D eigenvalue weighted by Gasteiger charge is -2.33. The Bertz CT molecular complexity index is 1780. The Morgan fingerprint density at radius 2 is 1.91 bits per heavy atom. The molecule has 2 unspecified atom stereocenters. The van der Waals surface area contributed by atoms with Gasteiger partial charge >= 0.3 is 5.97 Å². The molecule has 3 aliphatic rings. The van der Waals surface area contributed by atoms with Crippen molar-refractivity contribution in [2.75, 3.05) is 33.4 Å². The van der Waals surface area contributed by atoms with E-state index in [0.717, 1.165) is 72.9 Å². The number of halogens is 1. The number of carboxylic acids is 1. The molecular formula is C35H38ClN3O7. The summed E-state index contributed by atoms with van der Waals surface area (Å²) >= 11 is 6.22. The molecule has 4 aromatic rings. The fraction of sp³-hybridized carbons (Fsp3) is 0.429. The highest BCUT2D eigenvalue weighted by molar-refractivity contribution is 6.30. The highest BCUT2D eigenvalue weighted by Gasteiger charge is 2.43. The summed E-state index contributed by atoms with van der Waals surface area (Å²) in [7, 11) is 1.61. The molecule has 3 aliphatic heterocycles. The maximum absolute atomic E-state index is 11.9. The van der Waals surface area contributed by atoms with Crippen LogP contribution in [0.2, 0.25) is 5.02 Å². The van der Waals surface area contributed by atoms with Crippen molar-refractivity contribution < 1.29 is 33.6 Å². The Morgan fingerprint density at radius 3 is 2.61 bits per heavy atom. The fourth-order valence-corrected chi connectivity index (χ4v) is 6.97. The van der Waals surface area contributed by atoms with Crippen LogP contribution in [0.4, 0.5) is 0 Å². The van der Waals surface area contributed by atoms with Crippen LogP contribution in [-0.2, 0) is 23.6 Å². The second-order valence-electron chi connectivity index (χ2n) is 12.2. The lowest BCUT2D eigenvalue weighted by atomic mass is 9.88. The van der Waals surface area contributed by atoms with Crippen LogP contribution in [0.15, 0.2) is 48.5 Å². The number of benzene rings is 3. The minimum absolute atomic E-state index is 0.0897. The van der Waals surface area contributed by atoms with E-state index in [-0.39, 0.29) is 11.7 Å². The first-order valence-corrected chi connectivity index (χ1v) is 16.2. The Balaban J connectivity index is 1.11. The van der Waals surface area contributed by atoms with E-state index in [2.05, 4.69) is 15.5 Å². The highest BCUT2D eigenvalue weighted by Crippen LogP contribution is 2.51. The summed E-state index contributed by atoms with van der Waals surface area (Å²) in [5.41, 5.74) is 3.56. The smallest absolute Gasteiger partial charge is 0.335 e. The van der Waals surface area contributed by atoms with Crippen molar-refractivity contribution in [1.82, 2.24) is 14.5 Å². The van der Waals surface area contributed by atoms with Gasteiger partial charge in [-0.25, -0.2) is 9.78 Å². The number of carbonyl (C=O) groups is 1. The second-order valence-corrected chi connectivity index (χ2v) is 12.7. The number of rotatable bonds is 10. The van der Waals surface area contributed by atoms with E-state index < -0.39 is 11.8 Å². The molecule has 0 aliphatic carbocycles. The van der Waals surface area contributed by atoms with Gasteiger partial charge in [0.15, 0.2) is 11.5 Å². The van der Waals surface area contributed by atoms with E-state index >= 15 is 0 Å². The van der Waals surface area contributed by atoms with Gasteiger partial charge in [-0.1, -0.05) is 23.7 Å². The number of aromatic carboxylic acids is 1. The molecule has 0 spiro atoms. The van der Waals surface area contributed by atoms with Crippen LogP contribution >= 0.6 is 11.6 Å². The molecular weight excluding hydrogens is 610 g/mol. The zero-order chi connectivity index (χ0) is 32.0. The predicted octanol–water partition coefficient (Wildman–Crippen LogP) is 6.61. The topological polar surface area (TPSA) is 105 Å². The molecule has 0 radical (unpaired) electrons. The summed E-state index contributed by atoms with van der Waals surface area (Å²) in [5, 5.41) is 10.4. The Morgan fingerprint density at radius 1 is 1.11 bits per heavy atom. The first-order valence-electron chi connectivity index (χ1n) is 15.8. The molecule has 2 atom stereocenters. The largest absolute Gasteiger partial charge is 0.496 e. The van der Waals surface area contributed by atoms with E-state index in [0.29, 0.717) is 47.7 Å². The van der Waals surface area contributed by atoms with Gasteiger partial charge in [-0.3, -0.25) is 4.90 Å². The summed E-state index contributed by atoms with van der Waals surface area (Å²) < 4.78 is 32.4. The average molecular weight is 648 g/mol. The monoisotopic (exact) mass is 647 g/mol. The third-order valence-corrected chi connectivity index (χ3v) is 9.52. The first-order chi connectivity index (χ1) is 22.3. The number of aromatic nitrogens is 2. The van der Waals surface area contributed by atoms with Crippen LogP contribution in [-0.4, -0.2) is 65.0 Å². The third kappa shape index (κ3) is 5.63. The van der Waals surface area contributed by atoms with Crippen LogP contribution in [0.3, 0.4) is 0 Å². The van der Waals surface area contributed by atoms with Crippen LogP contribution in [0.5, 0.6) is 23.0 Å². The molecule has 0 saturated carbocycles. The number of fused-ring (bicyclic) bond motifs is 2. The normalized spacial score (nSPS) is 21.3. The number of likely N-dealkylation sites (tertiary alicyclic amines) is 1. The number of imidazole rings is 1. The van der Waals surface area contributed by atoms with Crippen molar-refractivity contribution >= 4 is 28.6 Å². The number of hydrogen-bond donors (Lipinski definition) is 1. The van der Waals surface area contributed by atoms with Crippen molar-refractivity contribution in [3.05, 3.63) is 76.1 Å². The molecule has 242 valence electrons. The highest BCUT2D eigenvalue weighted by atomic mass is 35.5. The van der Waals surface area contributed by atoms with Crippen molar-refractivity contribution in [3.63, 3.8) is 0 Å². The summed E-state index contributed by atoms with van der Waals surface area (Å²) in [4.78, 5) is 19.4. The molecule has 0 amide bonds. The summed E-state index contributed by atoms with van der Waals surface area (Å²) in [6.45, 7) is 7.97. The van der Waals surface area contributed by atoms with Crippen molar-refractivity contribution in [1.29, 1.82) is 0 Å². The lowest BCUT2D eigenvalue weighted by molar-refractivity contribution is -0.0700. The Hall–Kier alpha value is -3.99. The summed E-state index contributed by atoms with van der Waals surface area (Å²) in [6.07, 6.45) is 2.95. The molecule has 2 fully saturated rings. The van der Waals surface area contributed by atoms with Gasteiger partial charge in [0, 0.05) is 24.1 Å². The van der Waals surface area contributed by atoms with Gasteiger partial charge in [0.05, 0.1) is 49.6 Å². The molecule has 3 aromatic carbocycles. The predicted molar refractivity (Wildman–Crippen MR) is 173 cm³/mol. The van der Waals surface area contributed by atoms with E-state index in [1.807, 2.05) is 38.1 Å². The standard InChI is InChI=1S/C35H38ClN3O7/c1-4-43-30-17-22(34(40)41)16-27-32(30)37-31(39(27)19-24-12-15-44-24)20-38-13-10-21(11-14-38)25-6-5-7-28-33(25)46-35(2,45-28)26-9-8-23(36)18-29(26)42-3/h5-9,16-18,21,24H,4,10-15,19-20H2,1-3H3,(H,40,41). The van der Waals surface area contributed by atoms with E-state index in [4.69, 9.17) is 40.3 Å². The number of hydrogen-bond acceptors (Lipinski definition) is 8. The maximum atomic E-state index is 11.9. The summed E-state index contributed by atoms with van der Waals surface area (Å²) in [5.74, 6) is 1.76. The van der Waals surface area contributed by atoms with Gasteiger partial charge in [-0.2, -0.15) is 0 Å². The SMILES string of the molecule is CCOc1cc(C(=O)O)cc2c1nc(CN1CCC(c3cccc4c3OC(C)(c3ccc(Cl)cc3OC)O4)CC1)n2CC1CCO1. The number of methoxy groups -OCH3 is 1. The second kappa shape index (κ2) is 12.3. The van der Waals surface area contributed by atoms with Crippen LogP contribution in [0.25, 0.3) is 11.0 Å². The third-order valence-electron chi connectivity index (χ3n) is 9.28. The van der Waals surface area contributed by atoms with Crippen molar-refractivity contribution in [3.8, 4) is 23.0 Å². The molecule has 46 heavy (non-hydrogen) atoms. The average Bonchev–Trinajstić information content (AvgIpc) is 3.56. The fourth-order valence-electron chi connectivity index (χ4n) is 6.81. The number of piperidine rings is 1. The molecule has 2 saturated heterocycles. The van der Waals surface area contributed by atoms with Gasteiger partial charge in [0.25, 0.3) is 5.79 Å². The number of carboxylic acid groups (broad SMARTS) is 1. The lowest BCUT2D eigenvalue weighted by Crippen LogP contribution is -2.35. The van der Waals surface area contributed by atoms with Gasteiger partial charge in [0.2, 0.25) is 0 Å². The quantitative estimate of drug-likeness (QED) is 0.204. The maximum Gasteiger partial charge on any atom is 0.335 e. The van der Waals surface area contributed by atoms with E-state index in [1.165, 1.54) is 0 Å². The van der Waals surface area contributed by atoms with Crippen LogP contribution in [0, 0.1) is 0 Å². The van der Waals surface area contributed by atoms with E-state index in [1.54, 1.807) is 25.3 Å². The molecule has 1 aromatic heterocycles. The van der Waals surface area contributed by atoms with Crippen LogP contribution in [0.1, 0.15) is 66.3 Å². The van der Waals surface area contributed by atoms with Gasteiger partial charge in [0.1, 0.15) is 22.8 Å². The minimum Gasteiger partial charge on any atom is -0.496 e. The zero-order valence-corrected chi connectivity index (χ0v) is 27.0. The molecule has 10 nitrogen and oxygen atoms in total. The zero-order valence-electron chi connectivity index (χ0n) is 26.3. The van der Waals surface area contributed by atoms with Crippen molar-refractivity contribution in [2.45, 2.75) is 64.0 Å². The molecule has 4 heterocycles. The molecule has 11 heteroatoms. The van der Waals surface area contributed by atoms with Gasteiger partial charge < -0.3 is 33.4 Å². The van der Waals surface area contributed by atoms with E-state index in [9.17, 15) is 9.90 Å². The first kappa shape index (κ1) is 30.7. The minimum atomic E-state index is -1.04. The van der Waals surface area contributed by atoms with Crippen LogP contribution < -0.4 is 18.9 Å². The number of ether oxygens (including phenoxy) is 5. The molecule has 1 N–H and O–H groups in total. The van der Waals surface area contributed by atoms with Gasteiger partial charge in [-0.15, -0.1) is 0 Å². The Kier molecular flexibility index (Phi) is 8.21. The Labute approximate surface area is 272 Å². The number of nitrogens with zero attached hydrogens (tertiary/aromatic N) is 3. The number of para-hydroxylation sites is 1. The molecule has 0 bridgehead atoms. The van der Waals surface area contributed by atoms with Crippen molar-refractivity contribution in [2.24, 2.45) is 0 Å². The van der Waals surface area contributed by atoms with Gasteiger partial charge in [-0.05, 0) is 81.6 Å². The summed E-state index contributed by atoms with van der Waals surface area (Å²) in [6, 6.07) is 14.9.